The molecule has 160 valence electrons. The van der Waals surface area contributed by atoms with Crippen LogP contribution in [0.5, 0.6) is 6.01 Å². The molecule has 2 aromatic heterocycles. The molecule has 10 heteroatoms. The van der Waals surface area contributed by atoms with Gasteiger partial charge in [-0.15, -0.1) is 0 Å². The highest BCUT2D eigenvalue weighted by atomic mass is 35.5. The third-order valence-electron chi connectivity index (χ3n) is 5.06. The predicted molar refractivity (Wildman–Crippen MR) is 111 cm³/mol. The van der Waals surface area contributed by atoms with Crippen LogP contribution in [0.15, 0.2) is 33.9 Å². The number of benzene rings is 1. The first kappa shape index (κ1) is 20.6. The topological polar surface area (TPSA) is 89.5 Å². The Labute approximate surface area is 177 Å². The highest BCUT2D eigenvalue weighted by Crippen LogP contribution is 2.25. The van der Waals surface area contributed by atoms with Crippen molar-refractivity contribution in [3.63, 3.8) is 0 Å². The van der Waals surface area contributed by atoms with E-state index in [4.69, 9.17) is 25.8 Å². The van der Waals surface area contributed by atoms with Crippen LogP contribution in [0.4, 0.5) is 0 Å². The summed E-state index contributed by atoms with van der Waals surface area (Å²) >= 11 is 6.33. The normalized spacial score (nSPS) is 18.2. The number of fused-ring (bicyclic) bond motifs is 1. The lowest BCUT2D eigenvalue weighted by Gasteiger charge is -2.17. The van der Waals surface area contributed by atoms with Crippen LogP contribution in [0.25, 0.3) is 11.2 Å². The van der Waals surface area contributed by atoms with Crippen molar-refractivity contribution in [1.82, 2.24) is 18.7 Å². The largest absolute Gasteiger partial charge is 0.462 e. The Morgan fingerprint density at radius 1 is 1.23 bits per heavy atom. The van der Waals surface area contributed by atoms with Gasteiger partial charge in [-0.05, 0) is 25.5 Å². The van der Waals surface area contributed by atoms with E-state index in [0.29, 0.717) is 11.6 Å². The van der Waals surface area contributed by atoms with Crippen molar-refractivity contribution in [2.24, 2.45) is 14.1 Å². The summed E-state index contributed by atoms with van der Waals surface area (Å²) in [5, 5.41) is 0.557. The molecule has 3 aromatic rings. The molecule has 9 nitrogen and oxygen atoms in total. The Bertz CT molecular complexity index is 1230. The molecule has 30 heavy (non-hydrogen) atoms. The Balaban J connectivity index is 1.79. The van der Waals surface area contributed by atoms with Crippen LogP contribution in [0.3, 0.4) is 0 Å². The SMILES string of the molecule is Cn1c(=O)c2c(nc(OCC3COC(C)(C)O3)n2Cc2ccccc2Cl)n(C)c1=O. The third-order valence-corrected chi connectivity index (χ3v) is 5.43. The minimum absolute atomic E-state index is 0.184. The summed E-state index contributed by atoms with van der Waals surface area (Å²) in [5.74, 6) is -0.675. The number of imidazole rings is 1. The number of halogens is 1. The number of aromatic nitrogens is 4. The first-order chi connectivity index (χ1) is 14.2. The van der Waals surface area contributed by atoms with Gasteiger partial charge in [0.05, 0.1) is 13.2 Å². The Morgan fingerprint density at radius 2 is 1.97 bits per heavy atom. The number of nitrogens with zero attached hydrogens (tertiary/aromatic N) is 4. The summed E-state index contributed by atoms with van der Waals surface area (Å²) in [7, 11) is 3.00. The van der Waals surface area contributed by atoms with Crippen LogP contribution in [-0.2, 0) is 30.1 Å². The predicted octanol–water partition coefficient (Wildman–Crippen LogP) is 1.67. The minimum atomic E-state index is -0.675. The van der Waals surface area contributed by atoms with Gasteiger partial charge in [0, 0.05) is 19.1 Å². The van der Waals surface area contributed by atoms with Gasteiger partial charge in [-0.3, -0.25) is 18.5 Å². The second-order valence-electron chi connectivity index (χ2n) is 7.71. The molecule has 3 heterocycles. The minimum Gasteiger partial charge on any atom is -0.462 e. The Kier molecular flexibility index (Phi) is 5.21. The van der Waals surface area contributed by atoms with Crippen molar-refractivity contribution in [3.8, 4) is 6.01 Å². The van der Waals surface area contributed by atoms with Crippen molar-refractivity contribution < 1.29 is 14.2 Å². The molecule has 1 saturated heterocycles. The molecule has 0 aliphatic carbocycles. The van der Waals surface area contributed by atoms with Crippen molar-refractivity contribution in [2.45, 2.75) is 32.3 Å². The summed E-state index contributed by atoms with van der Waals surface area (Å²) in [6.07, 6.45) is -0.278. The van der Waals surface area contributed by atoms with Crippen LogP contribution in [0.1, 0.15) is 19.4 Å². The monoisotopic (exact) mass is 434 g/mol. The third kappa shape index (κ3) is 3.64. The van der Waals surface area contributed by atoms with Crippen LogP contribution in [0, 0.1) is 0 Å². The lowest BCUT2D eigenvalue weighted by Crippen LogP contribution is -2.37. The fraction of sp³-hybridized carbons (Fsp3) is 0.450. The molecule has 0 bridgehead atoms. The van der Waals surface area contributed by atoms with E-state index in [2.05, 4.69) is 4.98 Å². The average molecular weight is 435 g/mol. The maximum atomic E-state index is 12.9. The first-order valence-electron chi connectivity index (χ1n) is 9.52. The van der Waals surface area contributed by atoms with Gasteiger partial charge < -0.3 is 14.2 Å². The molecule has 1 aliphatic rings. The molecule has 0 saturated carbocycles. The Hall–Kier alpha value is -2.62. The van der Waals surface area contributed by atoms with Crippen LogP contribution >= 0.6 is 11.6 Å². The fourth-order valence-electron chi connectivity index (χ4n) is 3.49. The lowest BCUT2D eigenvalue weighted by molar-refractivity contribution is -0.141. The average Bonchev–Trinajstić information content (AvgIpc) is 3.24. The number of hydrogen-bond donors (Lipinski definition) is 0. The smallest absolute Gasteiger partial charge is 0.332 e. The quantitative estimate of drug-likeness (QED) is 0.606. The summed E-state index contributed by atoms with van der Waals surface area (Å²) in [4.78, 5) is 29.7. The van der Waals surface area contributed by atoms with E-state index in [9.17, 15) is 9.59 Å². The van der Waals surface area contributed by atoms with Crippen molar-refractivity contribution in [1.29, 1.82) is 0 Å². The van der Waals surface area contributed by atoms with E-state index < -0.39 is 17.0 Å². The van der Waals surface area contributed by atoms with Gasteiger partial charge in [-0.1, -0.05) is 29.8 Å². The molecular formula is C20H23ClN4O5. The molecular weight excluding hydrogens is 412 g/mol. The lowest BCUT2D eigenvalue weighted by atomic mass is 10.2. The highest BCUT2D eigenvalue weighted by Gasteiger charge is 2.33. The summed E-state index contributed by atoms with van der Waals surface area (Å²) in [5.41, 5.74) is 0.383. The van der Waals surface area contributed by atoms with E-state index >= 15 is 0 Å². The maximum absolute atomic E-state index is 12.9. The van der Waals surface area contributed by atoms with Gasteiger partial charge in [0.15, 0.2) is 17.0 Å². The summed E-state index contributed by atoms with van der Waals surface area (Å²) in [6.45, 7) is 4.49. The molecule has 0 amide bonds. The second-order valence-corrected chi connectivity index (χ2v) is 8.12. The van der Waals surface area contributed by atoms with Gasteiger partial charge in [0.25, 0.3) is 11.6 Å². The molecule has 4 rings (SSSR count). The zero-order valence-corrected chi connectivity index (χ0v) is 18.0. The van der Waals surface area contributed by atoms with E-state index in [1.165, 1.54) is 11.6 Å². The molecule has 0 N–H and O–H groups in total. The van der Waals surface area contributed by atoms with E-state index in [1.807, 2.05) is 32.0 Å². The van der Waals surface area contributed by atoms with Crippen molar-refractivity contribution in [2.75, 3.05) is 13.2 Å². The number of ether oxygens (including phenoxy) is 3. The zero-order valence-electron chi connectivity index (χ0n) is 17.2. The van der Waals surface area contributed by atoms with Crippen LogP contribution in [0.2, 0.25) is 5.02 Å². The maximum Gasteiger partial charge on any atom is 0.332 e. The van der Waals surface area contributed by atoms with E-state index in [-0.39, 0.29) is 36.4 Å². The van der Waals surface area contributed by atoms with E-state index in [1.54, 1.807) is 17.7 Å². The Morgan fingerprint density at radius 3 is 2.63 bits per heavy atom. The van der Waals surface area contributed by atoms with Gasteiger partial charge in [0.1, 0.15) is 12.7 Å². The van der Waals surface area contributed by atoms with Crippen LogP contribution in [-0.4, -0.2) is 43.8 Å². The molecule has 1 unspecified atom stereocenters. The fourth-order valence-corrected chi connectivity index (χ4v) is 3.69. The summed E-state index contributed by atoms with van der Waals surface area (Å²) in [6, 6.07) is 7.53. The zero-order chi connectivity index (χ0) is 21.6. The van der Waals surface area contributed by atoms with Gasteiger partial charge >= 0.3 is 5.69 Å². The van der Waals surface area contributed by atoms with Crippen molar-refractivity contribution >= 4 is 22.8 Å². The van der Waals surface area contributed by atoms with Gasteiger partial charge in [-0.2, -0.15) is 4.98 Å². The second kappa shape index (κ2) is 7.57. The molecule has 1 fully saturated rings. The highest BCUT2D eigenvalue weighted by molar-refractivity contribution is 6.31. The molecule has 1 aromatic carbocycles. The standard InChI is InChI=1S/C20H23ClN4O5/c1-20(2)29-11-13(30-20)10-28-18-22-16-15(17(26)24(4)19(27)23(16)3)25(18)9-12-7-5-6-8-14(12)21/h5-8,13H,9-11H2,1-4H3. The molecule has 1 aliphatic heterocycles. The van der Waals surface area contributed by atoms with Gasteiger partial charge in [0.2, 0.25) is 0 Å². The van der Waals surface area contributed by atoms with Crippen molar-refractivity contribution in [3.05, 3.63) is 55.7 Å². The van der Waals surface area contributed by atoms with E-state index in [0.717, 1.165) is 10.1 Å². The first-order valence-corrected chi connectivity index (χ1v) is 9.90. The summed E-state index contributed by atoms with van der Waals surface area (Å²) < 4.78 is 21.3. The number of hydrogen-bond acceptors (Lipinski definition) is 6. The van der Waals surface area contributed by atoms with Crippen LogP contribution < -0.4 is 16.0 Å². The molecule has 0 radical (unpaired) electrons. The van der Waals surface area contributed by atoms with Gasteiger partial charge in [-0.25, -0.2) is 4.79 Å². The molecule has 0 spiro atoms. The number of aryl methyl sites for hydroxylation is 1. The number of rotatable bonds is 5. The molecule has 1 atom stereocenters.